The largest absolute Gasteiger partial charge is 0.619 e. The van der Waals surface area contributed by atoms with Crippen LogP contribution in [0.4, 0.5) is 4.39 Å². The van der Waals surface area contributed by atoms with E-state index in [0.717, 1.165) is 9.77 Å². The number of hydrogen-bond acceptors (Lipinski definition) is 3. The summed E-state index contributed by atoms with van der Waals surface area (Å²) in [6.45, 7) is 0. The summed E-state index contributed by atoms with van der Waals surface area (Å²) in [6.07, 6.45) is 2.11. The quantitative estimate of drug-likeness (QED) is 0.314. The average molecular weight is 441 g/mol. The molecule has 0 aliphatic carbocycles. The lowest BCUT2D eigenvalue weighted by atomic mass is 10.2. The highest BCUT2D eigenvalue weighted by molar-refractivity contribution is 14.1. The Hall–Kier alpha value is -0.700. The third kappa shape index (κ3) is 2.45. The zero-order valence-corrected chi connectivity index (χ0v) is 14.0. The number of pyridine rings is 1. The molecule has 3 nitrogen and oxygen atoms in total. The van der Waals surface area contributed by atoms with Crippen molar-refractivity contribution in [2.45, 2.75) is 0 Å². The van der Waals surface area contributed by atoms with Crippen LogP contribution in [-0.2, 0) is 0 Å². The number of rotatable bonds is 1. The van der Waals surface area contributed by atoms with Crippen molar-refractivity contribution in [1.29, 1.82) is 0 Å². The summed E-state index contributed by atoms with van der Waals surface area (Å²) in [6, 6.07) is 3.50. The second-order valence-corrected chi connectivity index (χ2v) is 7.03. The lowest BCUT2D eigenvalue weighted by molar-refractivity contribution is -0.605. The molecule has 2 heterocycles. The lowest BCUT2D eigenvalue weighted by Crippen LogP contribution is -2.24. The predicted octanol–water partition coefficient (Wildman–Crippen LogP) is 4.65. The third-order valence-corrected chi connectivity index (χ3v) is 4.81. The molecule has 3 aromatic rings. The van der Waals surface area contributed by atoms with Crippen molar-refractivity contribution in [2.75, 3.05) is 0 Å². The van der Waals surface area contributed by atoms with Gasteiger partial charge in [-0.3, -0.25) is 0 Å². The SMILES string of the molecule is [O-][n+]1cc(F)c2nc(-c3c(Cl)cc(I)cc3Cl)sc2c1. The first kappa shape index (κ1) is 14.2. The van der Waals surface area contributed by atoms with Gasteiger partial charge in [-0.25, -0.2) is 4.98 Å². The summed E-state index contributed by atoms with van der Waals surface area (Å²) < 4.78 is 15.5. The monoisotopic (exact) mass is 440 g/mol. The summed E-state index contributed by atoms with van der Waals surface area (Å²) in [5.74, 6) is -0.669. The number of aromatic nitrogens is 2. The van der Waals surface area contributed by atoms with E-state index in [1.54, 1.807) is 12.1 Å². The Bertz CT molecular complexity index is 817. The maximum absolute atomic E-state index is 13.7. The van der Waals surface area contributed by atoms with Crippen LogP contribution < -0.4 is 4.73 Å². The van der Waals surface area contributed by atoms with Gasteiger partial charge in [0.2, 0.25) is 12.0 Å². The van der Waals surface area contributed by atoms with Crippen LogP contribution in [0.25, 0.3) is 20.8 Å². The molecule has 0 atom stereocenters. The maximum Gasteiger partial charge on any atom is 0.218 e. The smallest absolute Gasteiger partial charge is 0.218 e. The highest BCUT2D eigenvalue weighted by Gasteiger charge is 2.18. The molecule has 0 aliphatic rings. The highest BCUT2D eigenvalue weighted by atomic mass is 127. The van der Waals surface area contributed by atoms with Crippen LogP contribution in [0.2, 0.25) is 10.0 Å². The van der Waals surface area contributed by atoms with Crippen molar-refractivity contribution in [3.05, 3.63) is 49.2 Å². The van der Waals surface area contributed by atoms with Gasteiger partial charge in [-0.15, -0.1) is 11.3 Å². The molecule has 0 amide bonds. The van der Waals surface area contributed by atoms with Gasteiger partial charge >= 0.3 is 0 Å². The Balaban J connectivity index is 2.28. The van der Waals surface area contributed by atoms with Crippen LogP contribution in [0.5, 0.6) is 0 Å². The minimum Gasteiger partial charge on any atom is -0.619 e. The van der Waals surface area contributed by atoms with Crippen molar-refractivity contribution >= 4 is 67.3 Å². The van der Waals surface area contributed by atoms with E-state index in [4.69, 9.17) is 23.2 Å². The molecule has 0 fully saturated rings. The minimum atomic E-state index is -0.669. The fraction of sp³-hybridized carbons (Fsp3) is 0. The lowest BCUT2D eigenvalue weighted by Gasteiger charge is -2.04. The Morgan fingerprint density at radius 1 is 1.25 bits per heavy atom. The molecule has 1 aromatic carbocycles. The Labute approximate surface area is 140 Å². The second-order valence-electron chi connectivity index (χ2n) is 3.94. The molecule has 0 saturated heterocycles. The van der Waals surface area contributed by atoms with E-state index in [1.165, 1.54) is 17.5 Å². The molecule has 0 radical (unpaired) electrons. The average Bonchev–Trinajstić information content (AvgIpc) is 2.71. The highest BCUT2D eigenvalue weighted by Crippen LogP contribution is 2.39. The van der Waals surface area contributed by atoms with E-state index in [1.807, 2.05) is 0 Å². The molecule has 20 heavy (non-hydrogen) atoms. The zero-order chi connectivity index (χ0) is 14.4. The van der Waals surface area contributed by atoms with Gasteiger partial charge in [0.1, 0.15) is 15.2 Å². The topological polar surface area (TPSA) is 39.8 Å². The molecule has 0 aliphatic heterocycles. The van der Waals surface area contributed by atoms with E-state index in [-0.39, 0.29) is 5.52 Å². The van der Waals surface area contributed by atoms with Crippen LogP contribution in [0.15, 0.2) is 24.5 Å². The fourth-order valence-electron chi connectivity index (χ4n) is 1.77. The van der Waals surface area contributed by atoms with Gasteiger partial charge in [0.15, 0.2) is 6.20 Å². The van der Waals surface area contributed by atoms with Crippen LogP contribution in [0.1, 0.15) is 0 Å². The van der Waals surface area contributed by atoms with E-state index in [9.17, 15) is 9.60 Å². The first-order valence-electron chi connectivity index (χ1n) is 5.29. The molecule has 3 rings (SSSR count). The van der Waals surface area contributed by atoms with Crippen molar-refractivity contribution in [3.63, 3.8) is 0 Å². The number of thiazole rings is 1. The normalized spacial score (nSPS) is 11.2. The van der Waals surface area contributed by atoms with Crippen LogP contribution in [0, 0.1) is 14.6 Å². The molecule has 0 bridgehead atoms. The van der Waals surface area contributed by atoms with Crippen molar-refractivity contribution < 1.29 is 9.12 Å². The van der Waals surface area contributed by atoms with Crippen LogP contribution >= 0.6 is 57.1 Å². The van der Waals surface area contributed by atoms with Gasteiger partial charge in [-0.1, -0.05) is 23.2 Å². The molecule has 102 valence electrons. The maximum atomic E-state index is 13.7. The van der Waals surface area contributed by atoms with Crippen molar-refractivity contribution in [2.24, 2.45) is 0 Å². The number of hydrogen-bond donors (Lipinski definition) is 0. The van der Waals surface area contributed by atoms with Gasteiger partial charge in [0, 0.05) is 9.13 Å². The number of benzene rings is 1. The van der Waals surface area contributed by atoms with Gasteiger partial charge in [0.05, 0.1) is 10.0 Å². The predicted molar refractivity (Wildman–Crippen MR) is 86.7 cm³/mol. The molecule has 0 saturated carbocycles. The Kier molecular flexibility index (Phi) is 3.74. The summed E-state index contributed by atoms with van der Waals surface area (Å²) in [5, 5.41) is 12.6. The first-order chi connectivity index (χ1) is 9.45. The number of fused-ring (bicyclic) bond motifs is 1. The van der Waals surface area contributed by atoms with Crippen LogP contribution in [0.3, 0.4) is 0 Å². The third-order valence-electron chi connectivity index (χ3n) is 2.59. The van der Waals surface area contributed by atoms with E-state index < -0.39 is 5.82 Å². The Morgan fingerprint density at radius 3 is 2.55 bits per heavy atom. The van der Waals surface area contributed by atoms with Crippen molar-refractivity contribution in [1.82, 2.24) is 4.98 Å². The standard InChI is InChI=1S/C12H4Cl2FIN2OS/c13-6-1-5(16)2-7(14)10(6)12-17-11-8(15)3-18(19)4-9(11)20-12/h1-4H. The molecule has 0 spiro atoms. The van der Waals surface area contributed by atoms with E-state index in [0.29, 0.717) is 30.0 Å². The molecule has 0 N–H and O–H groups in total. The van der Waals surface area contributed by atoms with Crippen molar-refractivity contribution in [3.8, 4) is 10.6 Å². The molecule has 8 heteroatoms. The fourth-order valence-corrected chi connectivity index (χ4v) is 4.60. The van der Waals surface area contributed by atoms with Gasteiger partial charge in [0.25, 0.3) is 0 Å². The van der Waals surface area contributed by atoms with Gasteiger partial charge in [-0.2, -0.15) is 9.12 Å². The van der Waals surface area contributed by atoms with E-state index in [2.05, 4.69) is 27.6 Å². The summed E-state index contributed by atoms with van der Waals surface area (Å²) in [5.41, 5.74) is 0.689. The summed E-state index contributed by atoms with van der Waals surface area (Å²) in [7, 11) is 0. The summed E-state index contributed by atoms with van der Waals surface area (Å²) >= 11 is 15.6. The van der Waals surface area contributed by atoms with E-state index >= 15 is 0 Å². The molecular weight excluding hydrogens is 437 g/mol. The number of halogens is 4. The first-order valence-corrected chi connectivity index (χ1v) is 7.94. The molecule has 2 aromatic heterocycles. The minimum absolute atomic E-state index is 0.141. The second kappa shape index (κ2) is 5.25. The molecular formula is C12H4Cl2FIN2OS. The van der Waals surface area contributed by atoms with Gasteiger partial charge < -0.3 is 5.21 Å². The Morgan fingerprint density at radius 2 is 1.90 bits per heavy atom. The van der Waals surface area contributed by atoms with Crippen LogP contribution in [-0.4, -0.2) is 4.98 Å². The zero-order valence-electron chi connectivity index (χ0n) is 9.53. The number of nitrogens with zero attached hydrogens (tertiary/aromatic N) is 2. The molecule has 0 unspecified atom stereocenters. The van der Waals surface area contributed by atoms with Gasteiger partial charge in [-0.05, 0) is 34.7 Å². The summed E-state index contributed by atoms with van der Waals surface area (Å²) in [4.78, 5) is 4.19.